The Labute approximate surface area is 156 Å². The van der Waals surface area contributed by atoms with Gasteiger partial charge in [0.25, 0.3) is 0 Å². The van der Waals surface area contributed by atoms with E-state index in [4.69, 9.17) is 14.7 Å². The molecule has 5 heteroatoms. The number of aryl methyl sites for hydroxylation is 1. The van der Waals surface area contributed by atoms with Crippen LogP contribution in [-0.4, -0.2) is 59.8 Å². The number of anilines is 1. The fraction of sp³-hybridized carbons (Fsp3) is 0.619. The van der Waals surface area contributed by atoms with E-state index in [9.17, 15) is 0 Å². The van der Waals surface area contributed by atoms with Crippen molar-refractivity contribution in [2.24, 2.45) is 5.92 Å². The quantitative estimate of drug-likeness (QED) is 0.846. The van der Waals surface area contributed by atoms with E-state index in [1.54, 1.807) is 0 Å². The molecule has 2 aliphatic heterocycles. The summed E-state index contributed by atoms with van der Waals surface area (Å²) in [5, 5.41) is 0. The molecule has 1 aromatic carbocycles. The third kappa shape index (κ3) is 3.84. The number of rotatable bonds is 3. The van der Waals surface area contributed by atoms with Gasteiger partial charge in [-0.1, -0.05) is 12.1 Å². The van der Waals surface area contributed by atoms with E-state index in [1.165, 1.54) is 19.4 Å². The van der Waals surface area contributed by atoms with Crippen LogP contribution in [0.4, 0.5) is 5.82 Å². The molecule has 0 N–H and O–H groups in total. The first-order valence-corrected chi connectivity index (χ1v) is 9.94. The number of aromatic nitrogens is 2. The van der Waals surface area contributed by atoms with Crippen LogP contribution >= 0.6 is 0 Å². The monoisotopic (exact) mass is 354 g/mol. The number of hydrogen-bond acceptors (Lipinski definition) is 5. The predicted molar refractivity (Wildman–Crippen MR) is 106 cm³/mol. The lowest BCUT2D eigenvalue weighted by Gasteiger charge is -2.39. The van der Waals surface area contributed by atoms with Gasteiger partial charge in [0.1, 0.15) is 0 Å². The molecule has 26 heavy (non-hydrogen) atoms. The van der Waals surface area contributed by atoms with Crippen molar-refractivity contribution in [1.29, 1.82) is 0 Å². The van der Waals surface area contributed by atoms with Crippen molar-refractivity contribution in [3.05, 3.63) is 30.0 Å². The molecule has 0 saturated carbocycles. The van der Waals surface area contributed by atoms with E-state index in [0.717, 1.165) is 54.6 Å². The van der Waals surface area contributed by atoms with Gasteiger partial charge in [-0.2, -0.15) is 0 Å². The molecule has 2 atom stereocenters. The van der Waals surface area contributed by atoms with Gasteiger partial charge in [-0.15, -0.1) is 0 Å². The molecule has 140 valence electrons. The summed E-state index contributed by atoms with van der Waals surface area (Å²) in [5.41, 5.74) is 3.02. The zero-order chi connectivity index (χ0) is 18.1. The SMILES string of the molecule is Cc1nc2ccccc2nc1N1CCC(CN2CC(C)OC(C)C2)CC1. The standard InChI is InChI=1S/C21H30N4O/c1-15-12-24(13-16(2)26-15)14-18-8-10-25(11-9-18)21-17(3)22-19-6-4-5-7-20(19)23-21/h4-7,15-16,18H,8-14H2,1-3H3. The minimum atomic E-state index is 0.356. The highest BCUT2D eigenvalue weighted by molar-refractivity contribution is 5.76. The largest absolute Gasteiger partial charge is 0.373 e. The molecule has 0 bridgehead atoms. The number of fused-ring (bicyclic) bond motifs is 1. The van der Waals surface area contributed by atoms with Crippen LogP contribution in [0.3, 0.4) is 0 Å². The van der Waals surface area contributed by atoms with Gasteiger partial charge >= 0.3 is 0 Å². The van der Waals surface area contributed by atoms with Crippen LogP contribution in [0.25, 0.3) is 11.0 Å². The molecule has 2 saturated heterocycles. The molecular formula is C21H30N4O. The molecule has 2 fully saturated rings. The second-order valence-electron chi connectivity index (χ2n) is 8.03. The molecule has 0 spiro atoms. The van der Waals surface area contributed by atoms with Crippen LogP contribution in [-0.2, 0) is 4.74 Å². The maximum Gasteiger partial charge on any atom is 0.150 e. The summed E-state index contributed by atoms with van der Waals surface area (Å²) < 4.78 is 5.86. The van der Waals surface area contributed by atoms with Gasteiger partial charge in [0.15, 0.2) is 5.82 Å². The molecule has 2 aromatic rings. The van der Waals surface area contributed by atoms with E-state index in [-0.39, 0.29) is 0 Å². The van der Waals surface area contributed by atoms with E-state index < -0.39 is 0 Å². The van der Waals surface area contributed by atoms with Crippen LogP contribution in [0.2, 0.25) is 0 Å². The average Bonchev–Trinajstić information content (AvgIpc) is 2.61. The number of morpholine rings is 1. The lowest BCUT2D eigenvalue weighted by molar-refractivity contribution is -0.0720. The van der Waals surface area contributed by atoms with Crippen LogP contribution in [0.1, 0.15) is 32.4 Å². The van der Waals surface area contributed by atoms with Crippen molar-refractivity contribution < 1.29 is 4.74 Å². The van der Waals surface area contributed by atoms with E-state index in [1.807, 2.05) is 18.2 Å². The molecule has 4 rings (SSSR count). The Morgan fingerprint density at radius 1 is 1.00 bits per heavy atom. The summed E-state index contributed by atoms with van der Waals surface area (Å²) in [6, 6.07) is 8.15. The molecule has 2 aliphatic rings. The highest BCUT2D eigenvalue weighted by Crippen LogP contribution is 2.26. The molecule has 3 heterocycles. The summed E-state index contributed by atoms with van der Waals surface area (Å²) in [7, 11) is 0. The van der Waals surface area contributed by atoms with Crippen LogP contribution in [0, 0.1) is 12.8 Å². The fourth-order valence-electron chi connectivity index (χ4n) is 4.50. The second-order valence-corrected chi connectivity index (χ2v) is 8.03. The number of para-hydroxylation sites is 2. The molecule has 5 nitrogen and oxygen atoms in total. The van der Waals surface area contributed by atoms with E-state index in [2.05, 4.69) is 36.6 Å². The number of piperidine rings is 1. The Hall–Kier alpha value is -1.72. The van der Waals surface area contributed by atoms with E-state index >= 15 is 0 Å². The summed E-state index contributed by atoms with van der Waals surface area (Å²) in [6.45, 7) is 12.0. The summed E-state index contributed by atoms with van der Waals surface area (Å²) in [5.74, 6) is 1.84. The van der Waals surface area contributed by atoms with Gasteiger partial charge in [0.2, 0.25) is 0 Å². The summed E-state index contributed by atoms with van der Waals surface area (Å²) in [4.78, 5) is 14.7. The normalized spacial score (nSPS) is 25.7. The number of ether oxygens (including phenoxy) is 1. The molecule has 0 amide bonds. The number of benzene rings is 1. The van der Waals surface area contributed by atoms with Gasteiger partial charge < -0.3 is 9.64 Å². The molecular weight excluding hydrogens is 324 g/mol. The Bertz CT molecular complexity index is 747. The average molecular weight is 354 g/mol. The molecule has 0 aliphatic carbocycles. The Morgan fingerprint density at radius 2 is 1.62 bits per heavy atom. The highest BCUT2D eigenvalue weighted by Gasteiger charge is 2.27. The Balaban J connectivity index is 1.38. The highest BCUT2D eigenvalue weighted by atomic mass is 16.5. The smallest absolute Gasteiger partial charge is 0.150 e. The van der Waals surface area contributed by atoms with Crippen molar-refractivity contribution >= 4 is 16.9 Å². The third-order valence-corrected chi connectivity index (χ3v) is 5.65. The van der Waals surface area contributed by atoms with Crippen LogP contribution < -0.4 is 4.90 Å². The topological polar surface area (TPSA) is 41.5 Å². The van der Waals surface area contributed by atoms with Gasteiger partial charge in [0, 0.05) is 32.7 Å². The Morgan fingerprint density at radius 3 is 2.27 bits per heavy atom. The zero-order valence-corrected chi connectivity index (χ0v) is 16.2. The summed E-state index contributed by atoms with van der Waals surface area (Å²) in [6.07, 6.45) is 3.17. The number of hydrogen-bond donors (Lipinski definition) is 0. The molecule has 1 aromatic heterocycles. The van der Waals surface area contributed by atoms with Gasteiger partial charge in [-0.05, 0) is 51.7 Å². The molecule has 2 unspecified atom stereocenters. The van der Waals surface area contributed by atoms with Crippen LogP contribution in [0.15, 0.2) is 24.3 Å². The minimum Gasteiger partial charge on any atom is -0.373 e. The Kier molecular flexibility index (Phi) is 5.09. The van der Waals surface area contributed by atoms with Crippen molar-refractivity contribution in [3.63, 3.8) is 0 Å². The van der Waals surface area contributed by atoms with Crippen molar-refractivity contribution in [3.8, 4) is 0 Å². The third-order valence-electron chi connectivity index (χ3n) is 5.65. The maximum atomic E-state index is 5.86. The zero-order valence-electron chi connectivity index (χ0n) is 16.2. The summed E-state index contributed by atoms with van der Waals surface area (Å²) >= 11 is 0. The minimum absolute atomic E-state index is 0.356. The first kappa shape index (κ1) is 17.7. The maximum absolute atomic E-state index is 5.86. The van der Waals surface area contributed by atoms with Gasteiger partial charge in [0.05, 0.1) is 28.9 Å². The van der Waals surface area contributed by atoms with E-state index in [0.29, 0.717) is 12.2 Å². The van der Waals surface area contributed by atoms with Crippen molar-refractivity contribution in [2.75, 3.05) is 37.6 Å². The molecule has 0 radical (unpaired) electrons. The number of nitrogens with zero attached hydrogens (tertiary/aromatic N) is 4. The van der Waals surface area contributed by atoms with Crippen LogP contribution in [0.5, 0.6) is 0 Å². The van der Waals surface area contributed by atoms with Crippen molar-refractivity contribution in [2.45, 2.75) is 45.8 Å². The lowest BCUT2D eigenvalue weighted by Crippen LogP contribution is -2.48. The second kappa shape index (κ2) is 7.49. The first-order valence-electron chi connectivity index (χ1n) is 9.94. The predicted octanol–water partition coefficient (Wildman–Crippen LogP) is 3.26. The van der Waals surface area contributed by atoms with Crippen molar-refractivity contribution in [1.82, 2.24) is 14.9 Å². The lowest BCUT2D eigenvalue weighted by atomic mass is 9.95. The first-order chi connectivity index (χ1) is 12.6. The van der Waals surface area contributed by atoms with Gasteiger partial charge in [-0.3, -0.25) is 4.90 Å². The fourth-order valence-corrected chi connectivity index (χ4v) is 4.50. The van der Waals surface area contributed by atoms with Gasteiger partial charge in [-0.25, -0.2) is 9.97 Å².